The lowest BCUT2D eigenvalue weighted by atomic mass is 9.62. The lowest BCUT2D eigenvalue weighted by Gasteiger charge is -2.41. The van der Waals surface area contributed by atoms with E-state index in [1.54, 1.807) is 24.4 Å². The predicted molar refractivity (Wildman–Crippen MR) is 128 cm³/mol. The van der Waals surface area contributed by atoms with Crippen molar-refractivity contribution in [3.8, 4) is 5.88 Å². The number of carboxylic acid groups (broad SMARTS) is 1. The lowest BCUT2D eigenvalue weighted by Crippen LogP contribution is -2.45. The standard InChI is InChI=1S/C22H23F2N5O4.C2HF3O2/c1-12(2)33-17-14(25-16(30)13-5-4-6-29(18(13)31)19(23)24)7-28-8-15(26-20(28)27-17)22-9-21(3,10-22)32-11-22;3-2(4,5)1(6)7/h4-8,12,19H,9-11H2,1-3H3,(H,25,30);(H,6,7). The first-order chi connectivity index (χ1) is 18.5. The van der Waals surface area contributed by atoms with Gasteiger partial charge in [0.25, 0.3) is 11.5 Å². The first-order valence-electron chi connectivity index (χ1n) is 11.9. The molecule has 1 aliphatic carbocycles. The van der Waals surface area contributed by atoms with E-state index in [1.165, 1.54) is 12.1 Å². The van der Waals surface area contributed by atoms with Crippen LogP contribution >= 0.6 is 0 Å². The van der Waals surface area contributed by atoms with E-state index in [0.717, 1.165) is 24.7 Å². The molecule has 11 nitrogen and oxygen atoms in total. The first-order valence-corrected chi connectivity index (χ1v) is 11.9. The molecule has 0 aromatic carbocycles. The molecule has 2 bridgehead atoms. The first kappa shape index (κ1) is 28.9. The molecule has 3 aromatic rings. The summed E-state index contributed by atoms with van der Waals surface area (Å²) in [5, 5.41) is 9.70. The number of fused-ring (bicyclic) bond motifs is 2. The normalized spacial score (nSPS) is 21.6. The van der Waals surface area contributed by atoms with E-state index in [0.29, 0.717) is 12.4 Å². The topological polar surface area (TPSA) is 137 Å². The van der Waals surface area contributed by atoms with Crippen molar-refractivity contribution in [1.29, 1.82) is 0 Å². The maximum Gasteiger partial charge on any atom is 0.490 e. The molecule has 2 N–H and O–H groups in total. The average Bonchev–Trinajstić information content (AvgIpc) is 3.49. The maximum atomic E-state index is 13.1. The van der Waals surface area contributed by atoms with Crippen molar-refractivity contribution >= 4 is 23.3 Å². The third-order valence-corrected chi connectivity index (χ3v) is 6.35. The highest BCUT2D eigenvalue weighted by atomic mass is 19.4. The number of ether oxygens (including phenoxy) is 2. The fourth-order valence-corrected chi connectivity index (χ4v) is 4.74. The van der Waals surface area contributed by atoms with Gasteiger partial charge < -0.3 is 19.9 Å². The third-order valence-electron chi connectivity index (χ3n) is 6.35. The minimum Gasteiger partial charge on any atom is -0.475 e. The molecule has 5 heterocycles. The van der Waals surface area contributed by atoms with E-state index in [-0.39, 0.29) is 33.3 Å². The van der Waals surface area contributed by atoms with Crippen LogP contribution in [0.15, 0.2) is 35.5 Å². The number of anilines is 1. The Morgan fingerprint density at radius 2 is 1.85 bits per heavy atom. The van der Waals surface area contributed by atoms with Crippen LogP contribution < -0.4 is 15.6 Å². The van der Waals surface area contributed by atoms with Crippen LogP contribution in [-0.4, -0.2) is 60.4 Å². The number of nitrogens with zero attached hydrogens (tertiary/aromatic N) is 4. The van der Waals surface area contributed by atoms with Gasteiger partial charge in [0.15, 0.2) is 0 Å². The minimum atomic E-state index is -5.08. The number of aliphatic carboxylic acids is 1. The van der Waals surface area contributed by atoms with Crippen molar-refractivity contribution in [2.75, 3.05) is 11.9 Å². The number of carbonyl (C=O) groups excluding carboxylic acids is 1. The molecular weight excluding hydrogens is 549 g/mol. The second-order valence-electron chi connectivity index (χ2n) is 10.0. The zero-order valence-electron chi connectivity index (χ0n) is 21.3. The largest absolute Gasteiger partial charge is 0.490 e. The van der Waals surface area contributed by atoms with Gasteiger partial charge in [-0.2, -0.15) is 26.9 Å². The van der Waals surface area contributed by atoms with Crippen LogP contribution in [0.5, 0.6) is 5.88 Å². The van der Waals surface area contributed by atoms with Crippen molar-refractivity contribution in [2.24, 2.45) is 0 Å². The summed E-state index contributed by atoms with van der Waals surface area (Å²) >= 11 is 0. The van der Waals surface area contributed by atoms with E-state index >= 15 is 0 Å². The van der Waals surface area contributed by atoms with Gasteiger partial charge in [-0.15, -0.1) is 0 Å². The highest BCUT2D eigenvalue weighted by molar-refractivity contribution is 6.04. The maximum absolute atomic E-state index is 13.1. The molecule has 16 heteroatoms. The van der Waals surface area contributed by atoms with E-state index < -0.39 is 35.7 Å². The number of alkyl halides is 5. The van der Waals surface area contributed by atoms with Gasteiger partial charge in [0, 0.05) is 24.0 Å². The van der Waals surface area contributed by atoms with Crippen LogP contribution in [0.4, 0.5) is 27.6 Å². The van der Waals surface area contributed by atoms with Crippen molar-refractivity contribution in [3.63, 3.8) is 0 Å². The fraction of sp³-hybridized carbons (Fsp3) is 0.458. The van der Waals surface area contributed by atoms with E-state index in [9.17, 15) is 31.5 Å². The molecule has 3 fully saturated rings. The van der Waals surface area contributed by atoms with E-state index in [1.807, 2.05) is 6.20 Å². The molecule has 3 aliphatic rings. The Morgan fingerprint density at radius 3 is 2.38 bits per heavy atom. The zero-order chi connectivity index (χ0) is 29.6. The summed E-state index contributed by atoms with van der Waals surface area (Å²) < 4.78 is 71.3. The van der Waals surface area contributed by atoms with Crippen molar-refractivity contribution < 1.29 is 46.1 Å². The van der Waals surface area contributed by atoms with Crippen LogP contribution in [0.2, 0.25) is 0 Å². The SMILES string of the molecule is CC(C)Oc1nc2nc(C34COC(C)(C3)C4)cn2cc1NC(=O)c1cccn(C(F)F)c1=O.O=C(O)C(F)(F)F. The Labute approximate surface area is 222 Å². The summed E-state index contributed by atoms with van der Waals surface area (Å²) in [5.74, 6) is -3.09. The molecule has 3 aromatic heterocycles. The number of carboxylic acids is 1. The van der Waals surface area contributed by atoms with Gasteiger partial charge in [0.1, 0.15) is 11.3 Å². The van der Waals surface area contributed by atoms with Crippen molar-refractivity contribution in [2.45, 2.75) is 63.5 Å². The smallest absolute Gasteiger partial charge is 0.475 e. The number of carbonyl (C=O) groups is 2. The number of imidazole rings is 1. The highest BCUT2D eigenvalue weighted by Crippen LogP contribution is 2.58. The molecule has 0 atom stereocenters. The molecule has 40 heavy (non-hydrogen) atoms. The second-order valence-corrected chi connectivity index (χ2v) is 10.0. The highest BCUT2D eigenvalue weighted by Gasteiger charge is 2.61. The van der Waals surface area contributed by atoms with Crippen LogP contribution in [0.1, 0.15) is 56.2 Å². The zero-order valence-corrected chi connectivity index (χ0v) is 21.3. The molecule has 216 valence electrons. The van der Waals surface area contributed by atoms with E-state index in [2.05, 4.69) is 22.2 Å². The van der Waals surface area contributed by atoms with Gasteiger partial charge in [-0.25, -0.2) is 9.78 Å². The number of amides is 1. The number of hydrogen-bond donors (Lipinski definition) is 2. The molecule has 2 saturated heterocycles. The van der Waals surface area contributed by atoms with E-state index in [4.69, 9.17) is 19.4 Å². The molecule has 1 saturated carbocycles. The van der Waals surface area contributed by atoms with Gasteiger partial charge in [-0.05, 0) is 45.7 Å². The van der Waals surface area contributed by atoms with Gasteiger partial charge in [-0.3, -0.25) is 18.6 Å². The number of hydrogen-bond acceptors (Lipinski definition) is 7. The molecule has 6 rings (SSSR count). The van der Waals surface area contributed by atoms with Gasteiger partial charge in [0.05, 0.1) is 24.0 Å². The van der Waals surface area contributed by atoms with Gasteiger partial charge in [0.2, 0.25) is 11.7 Å². The van der Waals surface area contributed by atoms with Crippen LogP contribution in [0.3, 0.4) is 0 Å². The monoisotopic (exact) mass is 573 g/mol. The van der Waals surface area contributed by atoms with Gasteiger partial charge >= 0.3 is 18.7 Å². The predicted octanol–water partition coefficient (Wildman–Crippen LogP) is 3.78. The third kappa shape index (κ3) is 5.61. The Bertz CT molecular complexity index is 1510. The quantitative estimate of drug-likeness (QED) is 0.425. The molecular formula is C24H24F5N5O6. The lowest BCUT2D eigenvalue weighted by molar-refractivity contribution is -0.192. The van der Waals surface area contributed by atoms with Crippen LogP contribution in [0, 0.1) is 0 Å². The Kier molecular flexibility index (Phi) is 7.34. The summed E-state index contributed by atoms with van der Waals surface area (Å²) in [6, 6.07) is 2.40. The summed E-state index contributed by atoms with van der Waals surface area (Å²) in [4.78, 5) is 43.1. The number of nitrogens with one attached hydrogen (secondary N) is 1. The molecule has 1 amide bonds. The summed E-state index contributed by atoms with van der Waals surface area (Å²) in [5.41, 5.74) is -0.716. The molecule has 0 spiro atoms. The minimum absolute atomic E-state index is 0.102. The number of pyridine rings is 1. The van der Waals surface area contributed by atoms with Crippen LogP contribution in [0.25, 0.3) is 5.78 Å². The Balaban J connectivity index is 0.000000470. The van der Waals surface area contributed by atoms with Crippen LogP contribution in [-0.2, 0) is 14.9 Å². The Morgan fingerprint density at radius 1 is 1.20 bits per heavy atom. The van der Waals surface area contributed by atoms with Crippen molar-refractivity contribution in [1.82, 2.24) is 18.9 Å². The van der Waals surface area contributed by atoms with Crippen molar-refractivity contribution in [3.05, 3.63) is 52.3 Å². The Hall–Kier alpha value is -4.08. The number of rotatable bonds is 6. The fourth-order valence-electron chi connectivity index (χ4n) is 4.74. The number of halogens is 5. The summed E-state index contributed by atoms with van der Waals surface area (Å²) in [7, 11) is 0. The molecule has 0 unspecified atom stereocenters. The summed E-state index contributed by atoms with van der Waals surface area (Å²) in [6.07, 6.45) is 0.785. The molecule has 2 aliphatic heterocycles. The summed E-state index contributed by atoms with van der Waals surface area (Å²) in [6.45, 7) is 3.23. The number of aromatic nitrogens is 4. The average molecular weight is 573 g/mol. The van der Waals surface area contributed by atoms with Gasteiger partial charge in [-0.1, -0.05) is 0 Å². The second kappa shape index (κ2) is 10.1. The molecule has 0 radical (unpaired) electrons.